The van der Waals surface area contributed by atoms with Crippen molar-refractivity contribution in [3.05, 3.63) is 60.7 Å². The van der Waals surface area contributed by atoms with Gasteiger partial charge in [0.15, 0.2) is 0 Å². The van der Waals surface area contributed by atoms with E-state index in [0.29, 0.717) is 12.2 Å². The smallest absolute Gasteiger partial charge is 0.338 e. The number of hydrogen-bond donors (Lipinski definition) is 0. The van der Waals surface area contributed by atoms with Gasteiger partial charge < -0.3 is 4.74 Å². The summed E-state index contributed by atoms with van der Waals surface area (Å²) < 4.78 is 4.95. The van der Waals surface area contributed by atoms with E-state index in [1.54, 1.807) is 19.1 Å². The quantitative estimate of drug-likeness (QED) is 0.531. The van der Waals surface area contributed by atoms with Gasteiger partial charge in [0.25, 0.3) is 0 Å². The van der Waals surface area contributed by atoms with Crippen LogP contribution in [-0.4, -0.2) is 30.6 Å². The van der Waals surface area contributed by atoms with Gasteiger partial charge in [0.05, 0.1) is 12.2 Å². The lowest BCUT2D eigenvalue weighted by Crippen LogP contribution is -2.23. The third kappa shape index (κ3) is 5.10. The Bertz CT molecular complexity index is 413. The van der Waals surface area contributed by atoms with E-state index in [-0.39, 0.29) is 5.97 Å². The van der Waals surface area contributed by atoms with E-state index < -0.39 is 0 Å². The van der Waals surface area contributed by atoms with Crippen LogP contribution in [0.4, 0.5) is 0 Å². The molecule has 0 aliphatic carbocycles. The molecule has 1 aromatic carbocycles. The lowest BCUT2D eigenvalue weighted by Gasteiger charge is -2.18. The Morgan fingerprint density at radius 2 is 1.79 bits per heavy atom. The zero-order valence-electron chi connectivity index (χ0n) is 11.5. The van der Waals surface area contributed by atoms with Crippen LogP contribution in [0.15, 0.2) is 49.6 Å². The zero-order valence-corrected chi connectivity index (χ0v) is 11.5. The van der Waals surface area contributed by atoms with E-state index in [9.17, 15) is 4.79 Å². The molecular formula is C16H21NO2. The largest absolute Gasteiger partial charge is 0.462 e. The predicted molar refractivity (Wildman–Crippen MR) is 78.1 cm³/mol. The maximum atomic E-state index is 11.5. The molecule has 0 atom stereocenters. The highest BCUT2D eigenvalue weighted by atomic mass is 16.5. The van der Waals surface area contributed by atoms with Crippen molar-refractivity contribution in [1.82, 2.24) is 4.90 Å². The van der Waals surface area contributed by atoms with Gasteiger partial charge in [-0.3, -0.25) is 4.90 Å². The summed E-state index contributed by atoms with van der Waals surface area (Å²) in [6.45, 7) is 12.1. The summed E-state index contributed by atoms with van der Waals surface area (Å²) in [4.78, 5) is 13.7. The number of hydrogen-bond acceptors (Lipinski definition) is 3. The van der Waals surface area contributed by atoms with Crippen molar-refractivity contribution in [3.8, 4) is 0 Å². The van der Waals surface area contributed by atoms with E-state index in [1.165, 1.54) is 0 Å². The monoisotopic (exact) mass is 259 g/mol. The van der Waals surface area contributed by atoms with Crippen LogP contribution in [0.5, 0.6) is 0 Å². The second-order valence-electron chi connectivity index (χ2n) is 4.19. The molecule has 0 spiro atoms. The molecule has 0 saturated carbocycles. The summed E-state index contributed by atoms with van der Waals surface area (Å²) in [7, 11) is 0. The maximum Gasteiger partial charge on any atom is 0.338 e. The Morgan fingerprint density at radius 3 is 2.26 bits per heavy atom. The number of rotatable bonds is 8. The van der Waals surface area contributed by atoms with Crippen LogP contribution >= 0.6 is 0 Å². The molecule has 3 nitrogen and oxygen atoms in total. The second kappa shape index (κ2) is 8.27. The molecule has 102 valence electrons. The average molecular weight is 259 g/mol. The van der Waals surface area contributed by atoms with E-state index in [4.69, 9.17) is 4.74 Å². The van der Waals surface area contributed by atoms with Crippen molar-refractivity contribution in [1.29, 1.82) is 0 Å². The molecular weight excluding hydrogens is 238 g/mol. The standard InChI is InChI=1S/C16H21NO2/c1-4-11-17(12-5-2)13-14-7-9-15(10-8-14)16(18)19-6-3/h4-5,7-10H,1-2,6,11-13H2,3H3. The van der Waals surface area contributed by atoms with Gasteiger partial charge in [0.1, 0.15) is 0 Å². The van der Waals surface area contributed by atoms with Crippen LogP contribution in [-0.2, 0) is 11.3 Å². The molecule has 0 aliphatic rings. The van der Waals surface area contributed by atoms with Gasteiger partial charge in [-0.2, -0.15) is 0 Å². The molecule has 0 aliphatic heterocycles. The van der Waals surface area contributed by atoms with Crippen LogP contribution in [0.2, 0.25) is 0 Å². The minimum absolute atomic E-state index is 0.275. The molecule has 19 heavy (non-hydrogen) atoms. The van der Waals surface area contributed by atoms with Crippen LogP contribution in [0.3, 0.4) is 0 Å². The highest BCUT2D eigenvalue weighted by Gasteiger charge is 2.07. The third-order valence-electron chi connectivity index (χ3n) is 2.65. The summed E-state index contributed by atoms with van der Waals surface area (Å²) in [5.74, 6) is -0.275. The summed E-state index contributed by atoms with van der Waals surface area (Å²) in [6.07, 6.45) is 3.74. The fourth-order valence-electron chi connectivity index (χ4n) is 1.79. The Kier molecular flexibility index (Phi) is 6.61. The molecule has 0 heterocycles. The summed E-state index contributed by atoms with van der Waals surface area (Å²) in [5, 5.41) is 0. The molecule has 0 saturated heterocycles. The Labute approximate surface area is 115 Å². The number of ether oxygens (including phenoxy) is 1. The molecule has 3 heteroatoms. The predicted octanol–water partition coefficient (Wildman–Crippen LogP) is 3.04. The highest BCUT2D eigenvalue weighted by Crippen LogP contribution is 2.09. The van der Waals surface area contributed by atoms with Gasteiger partial charge >= 0.3 is 5.97 Å². The van der Waals surface area contributed by atoms with Gasteiger partial charge in [-0.05, 0) is 24.6 Å². The first-order valence-electron chi connectivity index (χ1n) is 6.41. The minimum atomic E-state index is -0.275. The Morgan fingerprint density at radius 1 is 1.21 bits per heavy atom. The number of carbonyl (C=O) groups excluding carboxylic acids is 1. The SMILES string of the molecule is C=CCN(CC=C)Cc1ccc(C(=O)OCC)cc1. The molecule has 1 aromatic rings. The normalized spacial score (nSPS) is 10.2. The van der Waals surface area contributed by atoms with Gasteiger partial charge in [-0.25, -0.2) is 4.79 Å². The van der Waals surface area contributed by atoms with Crippen molar-refractivity contribution >= 4 is 5.97 Å². The van der Waals surface area contributed by atoms with E-state index >= 15 is 0 Å². The summed E-state index contributed by atoms with van der Waals surface area (Å²) in [5.41, 5.74) is 1.74. The molecule has 0 fully saturated rings. The molecule has 0 N–H and O–H groups in total. The highest BCUT2D eigenvalue weighted by molar-refractivity contribution is 5.89. The van der Waals surface area contributed by atoms with E-state index in [1.807, 2.05) is 24.3 Å². The van der Waals surface area contributed by atoms with Crippen LogP contribution in [0, 0.1) is 0 Å². The van der Waals surface area contributed by atoms with Crippen molar-refractivity contribution in [2.24, 2.45) is 0 Å². The Hall–Kier alpha value is -1.87. The first-order valence-corrected chi connectivity index (χ1v) is 6.41. The number of carbonyl (C=O) groups is 1. The van der Waals surface area contributed by atoms with Crippen molar-refractivity contribution in [2.75, 3.05) is 19.7 Å². The van der Waals surface area contributed by atoms with Crippen LogP contribution < -0.4 is 0 Å². The topological polar surface area (TPSA) is 29.5 Å². The number of nitrogens with zero attached hydrogens (tertiary/aromatic N) is 1. The first-order chi connectivity index (χ1) is 9.21. The maximum absolute atomic E-state index is 11.5. The van der Waals surface area contributed by atoms with Crippen molar-refractivity contribution < 1.29 is 9.53 Å². The lowest BCUT2D eigenvalue weighted by molar-refractivity contribution is 0.0526. The fraction of sp³-hybridized carbons (Fsp3) is 0.312. The molecule has 1 rings (SSSR count). The van der Waals surface area contributed by atoms with E-state index in [2.05, 4.69) is 18.1 Å². The fourth-order valence-corrected chi connectivity index (χ4v) is 1.79. The van der Waals surface area contributed by atoms with Gasteiger partial charge in [-0.15, -0.1) is 13.2 Å². The summed E-state index contributed by atoms with van der Waals surface area (Å²) >= 11 is 0. The summed E-state index contributed by atoms with van der Waals surface area (Å²) in [6, 6.07) is 7.50. The lowest BCUT2D eigenvalue weighted by atomic mass is 10.1. The van der Waals surface area contributed by atoms with Crippen molar-refractivity contribution in [2.45, 2.75) is 13.5 Å². The number of benzene rings is 1. The van der Waals surface area contributed by atoms with Gasteiger partial charge in [-0.1, -0.05) is 24.3 Å². The first kappa shape index (κ1) is 15.2. The molecule has 0 amide bonds. The molecule has 0 aromatic heterocycles. The third-order valence-corrected chi connectivity index (χ3v) is 2.65. The molecule has 0 bridgehead atoms. The molecule has 0 unspecified atom stereocenters. The minimum Gasteiger partial charge on any atom is -0.462 e. The van der Waals surface area contributed by atoms with E-state index in [0.717, 1.165) is 25.2 Å². The Balaban J connectivity index is 2.66. The second-order valence-corrected chi connectivity index (χ2v) is 4.19. The van der Waals surface area contributed by atoms with Crippen LogP contribution in [0.25, 0.3) is 0 Å². The zero-order chi connectivity index (χ0) is 14.1. The van der Waals surface area contributed by atoms with Gasteiger partial charge in [0, 0.05) is 19.6 Å². The molecule has 0 radical (unpaired) electrons. The number of esters is 1. The van der Waals surface area contributed by atoms with Crippen LogP contribution in [0.1, 0.15) is 22.8 Å². The van der Waals surface area contributed by atoms with Gasteiger partial charge in [0.2, 0.25) is 0 Å². The average Bonchev–Trinajstić information content (AvgIpc) is 2.40. The van der Waals surface area contributed by atoms with Crippen molar-refractivity contribution in [3.63, 3.8) is 0 Å².